The Morgan fingerprint density at radius 1 is 1.09 bits per heavy atom. The number of hydrogen-bond donors (Lipinski definition) is 0. The molecule has 6 nitrogen and oxygen atoms in total. The predicted octanol–water partition coefficient (Wildman–Crippen LogP) is 4.20. The normalized spacial score (nSPS) is 17.9. The number of aromatic nitrogens is 2. The maximum Gasteiger partial charge on any atom is 0.254 e. The minimum atomic E-state index is -0.277. The lowest BCUT2D eigenvalue weighted by Crippen LogP contribution is -2.64. The molecule has 34 heavy (non-hydrogen) atoms. The summed E-state index contributed by atoms with van der Waals surface area (Å²) in [6.45, 7) is 6.64. The Morgan fingerprint density at radius 3 is 2.71 bits per heavy atom. The van der Waals surface area contributed by atoms with Crippen LogP contribution in [0.5, 0.6) is 0 Å². The van der Waals surface area contributed by atoms with Crippen LogP contribution in [0.25, 0.3) is 20.8 Å². The van der Waals surface area contributed by atoms with Crippen molar-refractivity contribution in [3.05, 3.63) is 70.4 Å². The summed E-state index contributed by atoms with van der Waals surface area (Å²) in [6, 6.07) is 12.6. The maximum absolute atomic E-state index is 13.6. The second kappa shape index (κ2) is 9.14. The Labute approximate surface area is 205 Å². The van der Waals surface area contributed by atoms with Crippen LogP contribution in [0.15, 0.2) is 54.0 Å². The number of hydrogen-bond acceptors (Lipinski definition) is 7. The van der Waals surface area contributed by atoms with E-state index in [0.29, 0.717) is 11.6 Å². The van der Waals surface area contributed by atoms with Crippen LogP contribution in [-0.2, 0) is 6.54 Å². The highest BCUT2D eigenvalue weighted by molar-refractivity contribution is 7.21. The predicted molar refractivity (Wildman–Crippen MR) is 134 cm³/mol. The van der Waals surface area contributed by atoms with E-state index in [1.54, 1.807) is 17.4 Å². The van der Waals surface area contributed by atoms with E-state index in [-0.39, 0.29) is 11.7 Å². The molecule has 1 amide bonds. The molecule has 0 aliphatic carbocycles. The average molecular weight is 494 g/mol. The second-order valence-electron chi connectivity index (χ2n) is 8.81. The fourth-order valence-corrected chi connectivity index (χ4v) is 6.31. The average Bonchev–Trinajstić information content (AvgIpc) is 3.48. The third kappa shape index (κ3) is 4.36. The number of fused-ring (bicyclic) bond motifs is 1. The van der Waals surface area contributed by atoms with Crippen molar-refractivity contribution in [3.63, 3.8) is 0 Å². The molecule has 0 atom stereocenters. The Balaban J connectivity index is 1.06. The number of amides is 1. The van der Waals surface area contributed by atoms with Crippen molar-refractivity contribution < 1.29 is 9.18 Å². The van der Waals surface area contributed by atoms with Crippen molar-refractivity contribution in [2.24, 2.45) is 0 Å². The van der Waals surface area contributed by atoms with Gasteiger partial charge in [0.1, 0.15) is 15.8 Å². The van der Waals surface area contributed by atoms with Gasteiger partial charge in [0.15, 0.2) is 0 Å². The van der Waals surface area contributed by atoms with Crippen LogP contribution in [0.2, 0.25) is 0 Å². The Bertz CT molecular complexity index is 1310. The molecule has 2 aliphatic heterocycles. The molecule has 6 rings (SSSR count). The lowest BCUT2D eigenvalue weighted by atomic mass is 10.0. The molecule has 174 valence electrons. The van der Waals surface area contributed by atoms with Crippen molar-refractivity contribution in [3.8, 4) is 10.6 Å². The standard InChI is InChI=1S/C25H24FN5OS2/c26-19-3-1-2-17(12-19)24-28-21-5-4-18(13-22(21)34-24)25(32)31-14-20(15-31)30-9-7-29(8-10-30)16-23-27-6-11-33-23/h1-6,11-13,20H,7-10,14-16H2. The van der Waals surface area contributed by atoms with E-state index in [2.05, 4.69) is 19.8 Å². The summed E-state index contributed by atoms with van der Waals surface area (Å²) in [6.07, 6.45) is 1.87. The quantitative estimate of drug-likeness (QED) is 0.417. The topological polar surface area (TPSA) is 52.6 Å². The molecule has 4 heterocycles. The minimum absolute atomic E-state index is 0.0706. The van der Waals surface area contributed by atoms with Crippen molar-refractivity contribution >= 4 is 38.8 Å². The summed E-state index contributed by atoms with van der Waals surface area (Å²) in [5.74, 6) is -0.206. The molecule has 0 saturated carbocycles. The molecule has 0 bridgehead atoms. The highest BCUT2D eigenvalue weighted by Gasteiger charge is 2.36. The van der Waals surface area contributed by atoms with Gasteiger partial charge in [0.05, 0.1) is 16.8 Å². The smallest absolute Gasteiger partial charge is 0.254 e. The number of carbonyl (C=O) groups is 1. The molecule has 2 aliphatic rings. The zero-order valence-corrected chi connectivity index (χ0v) is 20.2. The van der Waals surface area contributed by atoms with Crippen molar-refractivity contribution in [1.29, 1.82) is 0 Å². The maximum atomic E-state index is 13.6. The number of nitrogens with zero attached hydrogens (tertiary/aromatic N) is 5. The zero-order chi connectivity index (χ0) is 23.1. The highest BCUT2D eigenvalue weighted by atomic mass is 32.1. The molecule has 0 unspecified atom stereocenters. The number of carbonyl (C=O) groups excluding carboxylic acids is 1. The first-order valence-corrected chi connectivity index (χ1v) is 13.1. The van der Waals surface area contributed by atoms with E-state index in [4.69, 9.17) is 0 Å². The van der Waals surface area contributed by atoms with Gasteiger partial charge in [-0.1, -0.05) is 12.1 Å². The van der Waals surface area contributed by atoms with Crippen LogP contribution >= 0.6 is 22.7 Å². The second-order valence-corrected chi connectivity index (χ2v) is 10.8. The van der Waals surface area contributed by atoms with Crippen molar-refractivity contribution in [1.82, 2.24) is 24.7 Å². The first kappa shape index (κ1) is 21.8. The van der Waals surface area contributed by atoms with E-state index in [1.807, 2.05) is 40.7 Å². The molecule has 0 N–H and O–H groups in total. The summed E-state index contributed by atoms with van der Waals surface area (Å²) in [5, 5.41) is 3.97. The van der Waals surface area contributed by atoms with Crippen molar-refractivity contribution in [2.45, 2.75) is 12.6 Å². The van der Waals surface area contributed by atoms with Crippen molar-refractivity contribution in [2.75, 3.05) is 39.3 Å². The fraction of sp³-hybridized carbons (Fsp3) is 0.320. The van der Waals surface area contributed by atoms with E-state index in [1.165, 1.54) is 28.5 Å². The number of likely N-dealkylation sites (tertiary alicyclic amines) is 1. The number of rotatable bonds is 5. The molecule has 2 aromatic heterocycles. The number of thiazole rings is 2. The Morgan fingerprint density at radius 2 is 1.94 bits per heavy atom. The Hall–Kier alpha value is -2.72. The SMILES string of the molecule is O=C(c1ccc2nc(-c3cccc(F)c3)sc2c1)N1CC(N2CCN(Cc3nccs3)CC2)C1. The number of benzene rings is 2. The van der Waals surface area contributed by atoms with E-state index < -0.39 is 0 Å². The van der Waals surface area contributed by atoms with Crippen LogP contribution < -0.4 is 0 Å². The summed E-state index contributed by atoms with van der Waals surface area (Å²) < 4.78 is 14.5. The molecule has 2 saturated heterocycles. The summed E-state index contributed by atoms with van der Waals surface area (Å²) >= 11 is 3.20. The van der Waals surface area contributed by atoms with Gasteiger partial charge in [-0.25, -0.2) is 14.4 Å². The molecule has 0 spiro atoms. The third-order valence-corrected chi connectivity index (χ3v) is 8.45. The molecular formula is C25H24FN5OS2. The summed E-state index contributed by atoms with van der Waals surface area (Å²) in [4.78, 5) is 29.0. The zero-order valence-electron chi connectivity index (χ0n) is 18.6. The Kier molecular flexibility index (Phi) is 5.86. The van der Waals surface area contributed by atoms with E-state index in [9.17, 15) is 9.18 Å². The molecule has 2 fully saturated rings. The monoisotopic (exact) mass is 493 g/mol. The van der Waals surface area contributed by atoms with E-state index >= 15 is 0 Å². The highest BCUT2D eigenvalue weighted by Crippen LogP contribution is 2.31. The van der Waals surface area contributed by atoms with E-state index in [0.717, 1.165) is 66.6 Å². The summed E-state index contributed by atoms with van der Waals surface area (Å²) in [5.41, 5.74) is 2.28. The van der Waals surface area contributed by atoms with Crippen LogP contribution in [0.1, 0.15) is 15.4 Å². The van der Waals surface area contributed by atoms with Gasteiger partial charge in [0.25, 0.3) is 5.91 Å². The van der Waals surface area contributed by atoms with Gasteiger partial charge in [-0.2, -0.15) is 0 Å². The van der Waals surface area contributed by atoms with Gasteiger partial charge in [0, 0.05) is 68.0 Å². The largest absolute Gasteiger partial charge is 0.335 e. The van der Waals surface area contributed by atoms with Crippen LogP contribution in [0, 0.1) is 5.82 Å². The first-order valence-electron chi connectivity index (χ1n) is 11.4. The third-order valence-electron chi connectivity index (χ3n) is 6.62. The lowest BCUT2D eigenvalue weighted by molar-refractivity contribution is 0.00649. The fourth-order valence-electron chi connectivity index (χ4n) is 4.65. The summed E-state index contributed by atoms with van der Waals surface area (Å²) in [7, 11) is 0. The van der Waals surface area contributed by atoms with Gasteiger partial charge < -0.3 is 4.90 Å². The van der Waals surface area contributed by atoms with Crippen LogP contribution in [0.4, 0.5) is 4.39 Å². The van der Waals surface area contributed by atoms with Gasteiger partial charge >= 0.3 is 0 Å². The minimum Gasteiger partial charge on any atom is -0.335 e. The molecule has 2 aromatic carbocycles. The molecular weight excluding hydrogens is 469 g/mol. The number of piperazine rings is 1. The molecule has 4 aromatic rings. The van der Waals surface area contributed by atoms with Crippen LogP contribution in [-0.4, -0.2) is 75.9 Å². The van der Waals surface area contributed by atoms with Gasteiger partial charge in [-0.05, 0) is 30.3 Å². The number of halogens is 1. The van der Waals surface area contributed by atoms with Crippen LogP contribution in [0.3, 0.4) is 0 Å². The first-order chi connectivity index (χ1) is 16.6. The molecule has 9 heteroatoms. The lowest BCUT2D eigenvalue weighted by Gasteiger charge is -2.48. The van der Waals surface area contributed by atoms with Gasteiger partial charge in [0.2, 0.25) is 0 Å². The van der Waals surface area contributed by atoms with Gasteiger partial charge in [-0.3, -0.25) is 14.6 Å². The molecule has 0 radical (unpaired) electrons. The van der Waals surface area contributed by atoms with Gasteiger partial charge in [-0.15, -0.1) is 22.7 Å².